The van der Waals surface area contributed by atoms with Gasteiger partial charge in [-0.25, -0.2) is 0 Å². The summed E-state index contributed by atoms with van der Waals surface area (Å²) in [5.74, 6) is -0.177. The van der Waals surface area contributed by atoms with Crippen molar-refractivity contribution in [3.05, 3.63) is 63.8 Å². The van der Waals surface area contributed by atoms with Crippen LogP contribution >= 0.6 is 11.8 Å². The lowest BCUT2D eigenvalue weighted by Gasteiger charge is -2.12. The van der Waals surface area contributed by atoms with E-state index in [1.807, 2.05) is 51.2 Å². The van der Waals surface area contributed by atoms with Crippen molar-refractivity contribution < 1.29 is 9.59 Å². The molecule has 1 aliphatic heterocycles. The summed E-state index contributed by atoms with van der Waals surface area (Å²) in [7, 11) is 2.00. The number of carbonyl (C=O) groups excluding carboxylic acids is 2. The molecule has 1 aromatic carbocycles. The van der Waals surface area contributed by atoms with Crippen molar-refractivity contribution in [2.24, 2.45) is 7.05 Å². The van der Waals surface area contributed by atoms with E-state index in [1.165, 1.54) is 10.5 Å². The third kappa shape index (κ3) is 3.71. The van der Waals surface area contributed by atoms with Crippen LogP contribution in [0.15, 0.2) is 41.3 Å². The van der Waals surface area contributed by atoms with Gasteiger partial charge in [-0.05, 0) is 61.7 Å². The van der Waals surface area contributed by atoms with E-state index in [2.05, 4.69) is 16.7 Å². The van der Waals surface area contributed by atoms with Gasteiger partial charge in [-0.1, -0.05) is 30.3 Å². The Hall–Kier alpha value is -2.27. The summed E-state index contributed by atoms with van der Waals surface area (Å²) in [6.07, 6.45) is 3.47. The highest BCUT2D eigenvalue weighted by molar-refractivity contribution is 8.18. The van der Waals surface area contributed by atoms with Crippen molar-refractivity contribution >= 4 is 29.0 Å². The van der Waals surface area contributed by atoms with Crippen molar-refractivity contribution in [3.8, 4) is 0 Å². The Labute approximate surface area is 152 Å². The van der Waals surface area contributed by atoms with E-state index in [4.69, 9.17) is 0 Å². The summed E-state index contributed by atoms with van der Waals surface area (Å²) < 4.78 is 2.08. The van der Waals surface area contributed by atoms with Gasteiger partial charge in [-0.15, -0.1) is 0 Å². The maximum absolute atomic E-state index is 12.6. The number of aromatic nitrogens is 1. The Morgan fingerprint density at radius 1 is 1.12 bits per heavy atom. The number of benzene rings is 1. The Balaban J connectivity index is 1.67. The zero-order valence-corrected chi connectivity index (χ0v) is 15.6. The number of amides is 2. The molecule has 1 aromatic heterocycles. The molecule has 0 bridgehead atoms. The average Bonchev–Trinajstić information content (AvgIpc) is 3.00. The van der Waals surface area contributed by atoms with Crippen LogP contribution in [0.4, 0.5) is 4.79 Å². The molecule has 0 spiro atoms. The second-order valence-electron chi connectivity index (χ2n) is 6.31. The second-order valence-corrected chi connectivity index (χ2v) is 7.30. The predicted molar refractivity (Wildman–Crippen MR) is 102 cm³/mol. The molecule has 5 heteroatoms. The van der Waals surface area contributed by atoms with Crippen LogP contribution in [0.5, 0.6) is 0 Å². The number of carbonyl (C=O) groups is 2. The van der Waals surface area contributed by atoms with Gasteiger partial charge in [0.05, 0.1) is 4.91 Å². The number of rotatable bonds is 5. The lowest BCUT2D eigenvalue weighted by molar-refractivity contribution is -0.122. The minimum absolute atomic E-state index is 0.172. The quantitative estimate of drug-likeness (QED) is 0.751. The van der Waals surface area contributed by atoms with E-state index in [1.54, 1.807) is 0 Å². The highest BCUT2D eigenvalue weighted by Gasteiger charge is 2.34. The lowest BCUT2D eigenvalue weighted by Crippen LogP contribution is -2.29. The Morgan fingerprint density at radius 2 is 1.84 bits per heavy atom. The van der Waals surface area contributed by atoms with Crippen LogP contribution in [0.1, 0.15) is 28.9 Å². The number of imide groups is 1. The summed E-state index contributed by atoms with van der Waals surface area (Å²) in [6.45, 7) is 4.51. The molecule has 2 aromatic rings. The fourth-order valence-electron chi connectivity index (χ4n) is 2.95. The van der Waals surface area contributed by atoms with Crippen molar-refractivity contribution in [3.63, 3.8) is 0 Å². The van der Waals surface area contributed by atoms with Gasteiger partial charge < -0.3 is 4.57 Å². The van der Waals surface area contributed by atoms with Crippen molar-refractivity contribution in [1.29, 1.82) is 0 Å². The van der Waals surface area contributed by atoms with Crippen LogP contribution in [0.2, 0.25) is 0 Å². The van der Waals surface area contributed by atoms with E-state index in [0.29, 0.717) is 11.4 Å². The molecule has 1 saturated heterocycles. The Bertz CT molecular complexity index is 837. The normalized spacial score (nSPS) is 16.3. The molecule has 2 heterocycles. The first-order valence-corrected chi connectivity index (χ1v) is 9.21. The van der Waals surface area contributed by atoms with Gasteiger partial charge in [-0.3, -0.25) is 14.5 Å². The molecule has 0 N–H and O–H groups in total. The fraction of sp³-hybridized carbons (Fsp3) is 0.300. The summed E-state index contributed by atoms with van der Waals surface area (Å²) >= 11 is 1.04. The van der Waals surface area contributed by atoms with E-state index >= 15 is 0 Å². The molecule has 0 atom stereocenters. The Morgan fingerprint density at radius 3 is 2.48 bits per heavy atom. The van der Waals surface area contributed by atoms with Crippen molar-refractivity contribution in [2.75, 3.05) is 6.54 Å². The molecule has 25 heavy (non-hydrogen) atoms. The van der Waals surface area contributed by atoms with Gasteiger partial charge in [0, 0.05) is 25.0 Å². The maximum Gasteiger partial charge on any atom is 0.293 e. The lowest BCUT2D eigenvalue weighted by atomic mass is 10.1. The van der Waals surface area contributed by atoms with E-state index in [0.717, 1.165) is 41.6 Å². The van der Waals surface area contributed by atoms with Gasteiger partial charge in [0.15, 0.2) is 0 Å². The molecule has 0 saturated carbocycles. The van der Waals surface area contributed by atoms with Gasteiger partial charge in [0.1, 0.15) is 0 Å². The highest BCUT2D eigenvalue weighted by atomic mass is 32.2. The molecule has 0 aliphatic carbocycles. The minimum atomic E-state index is -0.177. The highest BCUT2D eigenvalue weighted by Crippen LogP contribution is 2.33. The monoisotopic (exact) mass is 354 g/mol. The predicted octanol–water partition coefficient (Wildman–Crippen LogP) is 4.31. The van der Waals surface area contributed by atoms with E-state index < -0.39 is 0 Å². The first-order valence-electron chi connectivity index (χ1n) is 8.39. The van der Waals surface area contributed by atoms with Gasteiger partial charge in [0.2, 0.25) is 0 Å². The SMILES string of the molecule is Cc1cc(/C=C2\SC(=O)N(CCCc3ccccc3)C2=O)c(C)n1C. The smallest absolute Gasteiger partial charge is 0.293 e. The largest absolute Gasteiger partial charge is 0.352 e. The van der Waals surface area contributed by atoms with Gasteiger partial charge in [-0.2, -0.15) is 0 Å². The molecular formula is C20H22N2O2S. The topological polar surface area (TPSA) is 42.3 Å². The number of thioether (sulfide) groups is 1. The molecule has 1 fully saturated rings. The molecule has 1 aliphatic rings. The maximum atomic E-state index is 12.6. The van der Waals surface area contributed by atoms with Crippen LogP contribution in [0.3, 0.4) is 0 Å². The van der Waals surface area contributed by atoms with Gasteiger partial charge in [0.25, 0.3) is 11.1 Å². The third-order valence-electron chi connectivity index (χ3n) is 4.66. The Kier molecular flexibility index (Phi) is 5.13. The van der Waals surface area contributed by atoms with Crippen LogP contribution in [-0.4, -0.2) is 27.2 Å². The summed E-state index contributed by atoms with van der Waals surface area (Å²) in [4.78, 5) is 26.7. The molecular weight excluding hydrogens is 332 g/mol. The van der Waals surface area contributed by atoms with Crippen LogP contribution in [-0.2, 0) is 18.3 Å². The number of aryl methyl sites for hydroxylation is 2. The van der Waals surface area contributed by atoms with Gasteiger partial charge >= 0.3 is 0 Å². The summed E-state index contributed by atoms with van der Waals surface area (Å²) in [6, 6.07) is 12.2. The zero-order chi connectivity index (χ0) is 18.0. The summed E-state index contributed by atoms with van der Waals surface area (Å²) in [5, 5.41) is -0.172. The van der Waals surface area contributed by atoms with Crippen LogP contribution < -0.4 is 0 Å². The van der Waals surface area contributed by atoms with Crippen LogP contribution in [0.25, 0.3) is 6.08 Å². The fourth-order valence-corrected chi connectivity index (χ4v) is 3.81. The van der Waals surface area contributed by atoms with E-state index in [-0.39, 0.29) is 11.1 Å². The van der Waals surface area contributed by atoms with Crippen molar-refractivity contribution in [2.45, 2.75) is 26.7 Å². The molecule has 0 unspecified atom stereocenters. The third-order valence-corrected chi connectivity index (χ3v) is 5.57. The molecule has 4 nitrogen and oxygen atoms in total. The minimum Gasteiger partial charge on any atom is -0.352 e. The first kappa shape index (κ1) is 17.5. The average molecular weight is 354 g/mol. The van der Waals surface area contributed by atoms with Crippen LogP contribution in [0, 0.1) is 13.8 Å². The summed E-state index contributed by atoms with van der Waals surface area (Å²) in [5.41, 5.74) is 4.44. The number of hydrogen-bond acceptors (Lipinski definition) is 3. The zero-order valence-electron chi connectivity index (χ0n) is 14.8. The molecule has 130 valence electrons. The molecule has 3 rings (SSSR count). The van der Waals surface area contributed by atoms with E-state index in [9.17, 15) is 9.59 Å². The molecule has 2 amide bonds. The second kappa shape index (κ2) is 7.31. The standard InChI is InChI=1S/C20H22N2O2S/c1-14-12-17(15(2)21(14)3)13-18-19(23)22(20(24)25-18)11-7-10-16-8-5-4-6-9-16/h4-6,8-9,12-13H,7,10-11H2,1-3H3/b18-13-. The molecule has 0 radical (unpaired) electrons. The first-order chi connectivity index (χ1) is 12.0. The number of nitrogens with zero attached hydrogens (tertiary/aromatic N) is 2. The van der Waals surface area contributed by atoms with Crippen molar-refractivity contribution in [1.82, 2.24) is 9.47 Å². The number of hydrogen-bond donors (Lipinski definition) is 0.